The highest BCUT2D eigenvalue weighted by atomic mass is 16.5. The number of nitrogens with two attached hydrogens (primary N) is 1. The van der Waals surface area contributed by atoms with E-state index in [1.54, 1.807) is 12.5 Å². The molecule has 2 aromatic heterocycles. The van der Waals surface area contributed by atoms with Crippen molar-refractivity contribution < 1.29 is 9.15 Å². The first-order valence-electron chi connectivity index (χ1n) is 7.89. The third-order valence-electron chi connectivity index (χ3n) is 4.30. The van der Waals surface area contributed by atoms with Gasteiger partial charge in [0.25, 0.3) is 0 Å². The molecule has 0 spiro atoms. The molecular formula is C17H20N4O2. The number of nitrogen functional groups attached to an aromatic ring is 1. The largest absolute Gasteiger partial charge is 0.472 e. The van der Waals surface area contributed by atoms with Crippen molar-refractivity contribution in [3.05, 3.63) is 36.9 Å². The Morgan fingerprint density at radius 1 is 1.17 bits per heavy atom. The molecule has 1 fully saturated rings. The SMILES string of the molecule is Nc1cc2cn(CCN3CCOCC3)nc2cc1-c1ccoc1. The Morgan fingerprint density at radius 2 is 2.04 bits per heavy atom. The second-order valence-electron chi connectivity index (χ2n) is 5.86. The second kappa shape index (κ2) is 6.06. The van der Waals surface area contributed by atoms with Crippen LogP contribution < -0.4 is 5.73 Å². The van der Waals surface area contributed by atoms with Crippen LogP contribution in [0.25, 0.3) is 22.0 Å². The predicted octanol–water partition coefficient (Wildman–Crippen LogP) is 2.21. The Balaban J connectivity index is 1.55. The fraction of sp³-hybridized carbons (Fsp3) is 0.353. The molecule has 3 aromatic rings. The number of anilines is 1. The fourth-order valence-corrected chi connectivity index (χ4v) is 2.99. The Hall–Kier alpha value is -2.31. The maximum atomic E-state index is 6.18. The molecule has 1 aliphatic heterocycles. The predicted molar refractivity (Wildman–Crippen MR) is 89.1 cm³/mol. The molecule has 4 rings (SSSR count). The van der Waals surface area contributed by atoms with Gasteiger partial charge < -0.3 is 14.9 Å². The van der Waals surface area contributed by atoms with Crippen molar-refractivity contribution in [1.29, 1.82) is 0 Å². The number of nitrogens with zero attached hydrogens (tertiary/aromatic N) is 3. The lowest BCUT2D eigenvalue weighted by Gasteiger charge is -2.26. The lowest BCUT2D eigenvalue weighted by molar-refractivity contribution is 0.0360. The van der Waals surface area contributed by atoms with Gasteiger partial charge in [0.05, 0.1) is 37.8 Å². The van der Waals surface area contributed by atoms with Gasteiger partial charge in [-0.2, -0.15) is 5.10 Å². The van der Waals surface area contributed by atoms with Crippen molar-refractivity contribution in [3.63, 3.8) is 0 Å². The van der Waals surface area contributed by atoms with Crippen LogP contribution in [0.1, 0.15) is 0 Å². The second-order valence-corrected chi connectivity index (χ2v) is 5.86. The topological polar surface area (TPSA) is 69.5 Å². The summed E-state index contributed by atoms with van der Waals surface area (Å²) in [4.78, 5) is 2.40. The maximum absolute atomic E-state index is 6.18. The first-order valence-corrected chi connectivity index (χ1v) is 7.89. The van der Waals surface area contributed by atoms with E-state index in [9.17, 15) is 0 Å². The zero-order chi connectivity index (χ0) is 15.6. The number of ether oxygens (including phenoxy) is 1. The molecule has 23 heavy (non-hydrogen) atoms. The van der Waals surface area contributed by atoms with Crippen LogP contribution in [0.15, 0.2) is 41.3 Å². The van der Waals surface area contributed by atoms with Crippen LogP contribution in [0.4, 0.5) is 5.69 Å². The van der Waals surface area contributed by atoms with Gasteiger partial charge in [-0.05, 0) is 18.2 Å². The highest BCUT2D eigenvalue weighted by Crippen LogP contribution is 2.30. The van der Waals surface area contributed by atoms with Gasteiger partial charge in [-0.15, -0.1) is 0 Å². The highest BCUT2D eigenvalue weighted by Gasteiger charge is 2.12. The molecule has 1 aliphatic rings. The summed E-state index contributed by atoms with van der Waals surface area (Å²) in [6.45, 7) is 5.51. The molecule has 1 saturated heterocycles. The molecule has 6 nitrogen and oxygen atoms in total. The minimum absolute atomic E-state index is 0.742. The molecule has 0 bridgehead atoms. The number of morpholine rings is 1. The smallest absolute Gasteiger partial charge is 0.0981 e. The number of aromatic nitrogens is 2. The number of hydrogen-bond acceptors (Lipinski definition) is 5. The van der Waals surface area contributed by atoms with Gasteiger partial charge in [0.2, 0.25) is 0 Å². The first-order chi connectivity index (χ1) is 11.3. The van der Waals surface area contributed by atoms with Crippen molar-refractivity contribution in [1.82, 2.24) is 14.7 Å². The summed E-state index contributed by atoms with van der Waals surface area (Å²) in [6, 6.07) is 5.92. The van der Waals surface area contributed by atoms with Crippen LogP contribution in [0.2, 0.25) is 0 Å². The molecule has 0 radical (unpaired) electrons. The van der Waals surface area contributed by atoms with E-state index in [0.29, 0.717) is 0 Å². The van der Waals surface area contributed by atoms with Gasteiger partial charge in [-0.1, -0.05) is 0 Å². The van der Waals surface area contributed by atoms with Gasteiger partial charge in [-0.25, -0.2) is 0 Å². The van der Waals surface area contributed by atoms with Crippen LogP contribution >= 0.6 is 0 Å². The molecule has 120 valence electrons. The summed E-state index contributed by atoms with van der Waals surface area (Å²) in [5.41, 5.74) is 9.82. The fourth-order valence-electron chi connectivity index (χ4n) is 2.99. The summed E-state index contributed by atoms with van der Waals surface area (Å²) in [6.07, 6.45) is 5.41. The number of fused-ring (bicyclic) bond motifs is 1. The molecule has 0 atom stereocenters. The van der Waals surface area contributed by atoms with Gasteiger partial charge in [-0.3, -0.25) is 9.58 Å². The van der Waals surface area contributed by atoms with Gasteiger partial charge in [0.15, 0.2) is 0 Å². The van der Waals surface area contributed by atoms with E-state index < -0.39 is 0 Å². The van der Waals surface area contributed by atoms with Gasteiger partial charge in [0, 0.05) is 48.0 Å². The standard InChI is InChI=1S/C17H20N4O2/c18-16-9-14-11-21(3-2-20-4-7-22-8-5-20)19-17(14)10-15(16)13-1-6-23-12-13/h1,6,9-12H,2-5,7-8,18H2. The molecule has 1 aromatic carbocycles. The summed E-state index contributed by atoms with van der Waals surface area (Å²) in [5, 5.41) is 5.75. The Bertz CT molecular complexity index is 788. The number of hydrogen-bond donors (Lipinski definition) is 1. The summed E-state index contributed by atoms with van der Waals surface area (Å²) in [7, 11) is 0. The highest BCUT2D eigenvalue weighted by molar-refractivity contribution is 5.91. The van der Waals surface area contributed by atoms with Crippen LogP contribution in [0.5, 0.6) is 0 Å². The number of benzene rings is 1. The van der Waals surface area contributed by atoms with Gasteiger partial charge >= 0.3 is 0 Å². The van der Waals surface area contributed by atoms with Crippen LogP contribution in [0.3, 0.4) is 0 Å². The van der Waals surface area contributed by atoms with E-state index in [4.69, 9.17) is 14.9 Å². The zero-order valence-corrected chi connectivity index (χ0v) is 12.9. The number of rotatable bonds is 4. The van der Waals surface area contributed by atoms with E-state index in [1.165, 1.54) is 0 Å². The van der Waals surface area contributed by atoms with E-state index in [0.717, 1.165) is 67.1 Å². The lowest BCUT2D eigenvalue weighted by atomic mass is 10.1. The van der Waals surface area contributed by atoms with Crippen LogP contribution in [-0.2, 0) is 11.3 Å². The Labute approximate surface area is 134 Å². The van der Waals surface area contributed by atoms with E-state index in [2.05, 4.69) is 16.2 Å². The molecule has 2 N–H and O–H groups in total. The zero-order valence-electron chi connectivity index (χ0n) is 12.9. The van der Waals surface area contributed by atoms with E-state index in [-0.39, 0.29) is 0 Å². The third-order valence-corrected chi connectivity index (χ3v) is 4.30. The van der Waals surface area contributed by atoms with Crippen molar-refractivity contribution in [3.8, 4) is 11.1 Å². The van der Waals surface area contributed by atoms with Crippen molar-refractivity contribution in [2.24, 2.45) is 0 Å². The lowest BCUT2D eigenvalue weighted by Crippen LogP contribution is -2.38. The summed E-state index contributed by atoms with van der Waals surface area (Å²) in [5.74, 6) is 0. The van der Waals surface area contributed by atoms with Crippen LogP contribution in [0, 0.1) is 0 Å². The quantitative estimate of drug-likeness (QED) is 0.748. The Kier molecular flexibility index (Phi) is 3.77. The normalized spacial score (nSPS) is 16.2. The average molecular weight is 312 g/mol. The molecule has 0 saturated carbocycles. The summed E-state index contributed by atoms with van der Waals surface area (Å²) < 4.78 is 12.5. The van der Waals surface area contributed by atoms with Gasteiger partial charge in [0.1, 0.15) is 0 Å². The van der Waals surface area contributed by atoms with E-state index >= 15 is 0 Å². The Morgan fingerprint density at radius 3 is 2.83 bits per heavy atom. The molecular weight excluding hydrogens is 292 g/mol. The van der Waals surface area contributed by atoms with E-state index in [1.807, 2.05) is 22.9 Å². The number of furan rings is 1. The van der Waals surface area contributed by atoms with Crippen LogP contribution in [-0.4, -0.2) is 47.5 Å². The monoisotopic (exact) mass is 312 g/mol. The van der Waals surface area contributed by atoms with Crippen molar-refractivity contribution in [2.45, 2.75) is 6.54 Å². The molecule has 3 heterocycles. The maximum Gasteiger partial charge on any atom is 0.0981 e. The summed E-state index contributed by atoms with van der Waals surface area (Å²) >= 11 is 0. The molecule has 6 heteroatoms. The van der Waals surface area contributed by atoms with Crippen molar-refractivity contribution >= 4 is 16.6 Å². The molecule has 0 unspecified atom stereocenters. The van der Waals surface area contributed by atoms with Crippen molar-refractivity contribution in [2.75, 3.05) is 38.6 Å². The molecule has 0 aliphatic carbocycles. The first kappa shape index (κ1) is 14.3. The molecule has 0 amide bonds. The third kappa shape index (κ3) is 2.95. The minimum atomic E-state index is 0.742. The minimum Gasteiger partial charge on any atom is -0.472 e. The average Bonchev–Trinajstić information content (AvgIpc) is 3.22.